The van der Waals surface area contributed by atoms with Crippen LogP contribution in [0.1, 0.15) is 5.56 Å². The van der Waals surface area contributed by atoms with Gasteiger partial charge in [-0.05, 0) is 18.2 Å². The fourth-order valence-corrected chi connectivity index (χ4v) is 2.68. The van der Waals surface area contributed by atoms with E-state index in [1.54, 1.807) is 12.1 Å². The Hall–Kier alpha value is -1.04. The molecule has 0 aromatic heterocycles. The highest BCUT2D eigenvalue weighted by atomic mass is 79.9. The van der Waals surface area contributed by atoms with E-state index in [4.69, 9.17) is 15.4 Å². The van der Waals surface area contributed by atoms with E-state index >= 15 is 0 Å². The first-order chi connectivity index (χ1) is 8.97. The number of hydrogen-bond acceptors (Lipinski definition) is 3. The Balaban J connectivity index is 2.15. The number of rotatable bonds is 4. The Morgan fingerprint density at radius 3 is 2.53 bits per heavy atom. The van der Waals surface area contributed by atoms with E-state index in [-0.39, 0.29) is 4.90 Å². The van der Waals surface area contributed by atoms with Gasteiger partial charge in [-0.25, -0.2) is 8.42 Å². The molecule has 0 saturated carbocycles. The third-order valence-electron chi connectivity index (χ3n) is 2.44. The first-order valence-electron chi connectivity index (χ1n) is 5.38. The van der Waals surface area contributed by atoms with Crippen LogP contribution >= 0.6 is 26.6 Å². The molecule has 2 rings (SSSR count). The van der Waals surface area contributed by atoms with E-state index in [0.29, 0.717) is 12.4 Å². The molecular weight excluding hydrogens is 352 g/mol. The van der Waals surface area contributed by atoms with Gasteiger partial charge < -0.3 is 4.74 Å². The standard InChI is InChI=1S/C13H10BrClO3S/c14-13-7-2-1-4-10(13)9-18-11-5-3-6-12(8-11)19(15,16)17/h1-8H,9H2. The van der Waals surface area contributed by atoms with Gasteiger partial charge in [0.1, 0.15) is 12.4 Å². The first-order valence-corrected chi connectivity index (χ1v) is 8.48. The molecule has 0 bridgehead atoms. The van der Waals surface area contributed by atoms with Crippen LogP contribution in [0.3, 0.4) is 0 Å². The molecule has 0 spiro atoms. The first kappa shape index (κ1) is 14.4. The Bertz CT molecular complexity index is 686. The van der Waals surface area contributed by atoms with E-state index < -0.39 is 9.05 Å². The van der Waals surface area contributed by atoms with E-state index in [1.807, 2.05) is 24.3 Å². The molecule has 0 amide bonds. The van der Waals surface area contributed by atoms with E-state index in [2.05, 4.69) is 15.9 Å². The maximum atomic E-state index is 11.2. The van der Waals surface area contributed by atoms with Crippen molar-refractivity contribution in [1.82, 2.24) is 0 Å². The quantitative estimate of drug-likeness (QED) is 0.774. The zero-order chi connectivity index (χ0) is 13.9. The normalized spacial score (nSPS) is 11.3. The van der Waals surface area contributed by atoms with Gasteiger partial charge in [0.15, 0.2) is 0 Å². The van der Waals surface area contributed by atoms with Crippen LogP contribution in [0.25, 0.3) is 0 Å². The minimum Gasteiger partial charge on any atom is -0.489 e. The highest BCUT2D eigenvalue weighted by molar-refractivity contribution is 9.10. The monoisotopic (exact) mass is 360 g/mol. The Morgan fingerprint density at radius 1 is 1.11 bits per heavy atom. The Kier molecular flexibility index (Phi) is 4.50. The largest absolute Gasteiger partial charge is 0.489 e. The molecule has 0 N–H and O–H groups in total. The number of benzene rings is 2. The van der Waals surface area contributed by atoms with Crippen LogP contribution in [-0.4, -0.2) is 8.42 Å². The highest BCUT2D eigenvalue weighted by Crippen LogP contribution is 2.23. The predicted molar refractivity (Wildman–Crippen MR) is 78.0 cm³/mol. The molecule has 0 fully saturated rings. The lowest BCUT2D eigenvalue weighted by atomic mass is 10.2. The molecule has 0 aliphatic carbocycles. The van der Waals surface area contributed by atoms with Gasteiger partial charge in [-0.15, -0.1) is 0 Å². The van der Waals surface area contributed by atoms with Crippen molar-refractivity contribution in [3.8, 4) is 5.75 Å². The van der Waals surface area contributed by atoms with Gasteiger partial charge >= 0.3 is 0 Å². The summed E-state index contributed by atoms with van der Waals surface area (Å²) in [6.07, 6.45) is 0. The van der Waals surface area contributed by atoms with Crippen LogP contribution in [0.15, 0.2) is 57.9 Å². The van der Waals surface area contributed by atoms with Crippen molar-refractivity contribution >= 4 is 35.7 Å². The average molecular weight is 362 g/mol. The van der Waals surface area contributed by atoms with Crippen molar-refractivity contribution in [1.29, 1.82) is 0 Å². The van der Waals surface area contributed by atoms with Gasteiger partial charge in [-0.1, -0.05) is 40.2 Å². The minimum atomic E-state index is -3.73. The number of ether oxygens (including phenoxy) is 1. The zero-order valence-electron chi connectivity index (χ0n) is 9.71. The summed E-state index contributed by atoms with van der Waals surface area (Å²) < 4.78 is 28.9. The summed E-state index contributed by atoms with van der Waals surface area (Å²) in [5.41, 5.74) is 0.974. The summed E-state index contributed by atoms with van der Waals surface area (Å²) in [5.74, 6) is 0.456. The van der Waals surface area contributed by atoms with Crippen molar-refractivity contribution in [2.24, 2.45) is 0 Å². The van der Waals surface area contributed by atoms with Crippen molar-refractivity contribution in [2.75, 3.05) is 0 Å². The van der Waals surface area contributed by atoms with Gasteiger partial charge in [0, 0.05) is 26.8 Å². The van der Waals surface area contributed by atoms with Crippen molar-refractivity contribution in [3.63, 3.8) is 0 Å². The van der Waals surface area contributed by atoms with Gasteiger partial charge in [-0.3, -0.25) is 0 Å². The van der Waals surface area contributed by atoms with Crippen LogP contribution in [0.5, 0.6) is 5.75 Å². The van der Waals surface area contributed by atoms with Crippen molar-refractivity contribution in [2.45, 2.75) is 11.5 Å². The van der Waals surface area contributed by atoms with Crippen molar-refractivity contribution in [3.05, 3.63) is 58.6 Å². The van der Waals surface area contributed by atoms with Crippen LogP contribution in [0.2, 0.25) is 0 Å². The second kappa shape index (κ2) is 5.94. The van der Waals surface area contributed by atoms with Gasteiger partial charge in [0.25, 0.3) is 9.05 Å². The van der Waals surface area contributed by atoms with Gasteiger partial charge in [-0.2, -0.15) is 0 Å². The van der Waals surface area contributed by atoms with E-state index in [9.17, 15) is 8.42 Å². The molecule has 2 aromatic rings. The van der Waals surface area contributed by atoms with Gasteiger partial charge in [0.2, 0.25) is 0 Å². The predicted octanol–water partition coefficient (Wildman–Crippen LogP) is 3.96. The minimum absolute atomic E-state index is 0.0267. The zero-order valence-corrected chi connectivity index (χ0v) is 12.9. The smallest absolute Gasteiger partial charge is 0.261 e. The second-order valence-corrected chi connectivity index (χ2v) is 7.21. The van der Waals surface area contributed by atoms with E-state index in [0.717, 1.165) is 10.0 Å². The molecule has 0 aliphatic heterocycles. The maximum absolute atomic E-state index is 11.2. The summed E-state index contributed by atoms with van der Waals surface area (Å²) in [7, 11) is 1.55. The van der Waals surface area contributed by atoms with Crippen molar-refractivity contribution < 1.29 is 13.2 Å². The van der Waals surface area contributed by atoms with Crippen LogP contribution in [-0.2, 0) is 15.7 Å². The molecule has 3 nitrogen and oxygen atoms in total. The van der Waals surface area contributed by atoms with E-state index in [1.165, 1.54) is 12.1 Å². The summed E-state index contributed by atoms with van der Waals surface area (Å²) in [6, 6.07) is 13.8. The molecule has 0 saturated heterocycles. The molecule has 100 valence electrons. The third kappa shape index (κ3) is 3.96. The fourth-order valence-electron chi connectivity index (χ4n) is 1.49. The van der Waals surface area contributed by atoms with Crippen LogP contribution in [0, 0.1) is 0 Å². The molecule has 0 heterocycles. The molecule has 2 aromatic carbocycles. The lowest BCUT2D eigenvalue weighted by molar-refractivity contribution is 0.304. The molecule has 0 radical (unpaired) electrons. The maximum Gasteiger partial charge on any atom is 0.261 e. The molecular formula is C13H10BrClO3S. The fraction of sp³-hybridized carbons (Fsp3) is 0.0769. The molecule has 19 heavy (non-hydrogen) atoms. The summed E-state index contributed by atoms with van der Waals surface area (Å²) in [5, 5.41) is 0. The molecule has 6 heteroatoms. The third-order valence-corrected chi connectivity index (χ3v) is 4.56. The average Bonchev–Trinajstić information content (AvgIpc) is 2.37. The summed E-state index contributed by atoms with van der Waals surface area (Å²) in [6.45, 7) is 0.340. The topological polar surface area (TPSA) is 43.4 Å². The Morgan fingerprint density at radius 2 is 1.84 bits per heavy atom. The number of halogens is 2. The van der Waals surface area contributed by atoms with Gasteiger partial charge in [0.05, 0.1) is 4.90 Å². The highest BCUT2D eigenvalue weighted by Gasteiger charge is 2.10. The lowest BCUT2D eigenvalue weighted by Crippen LogP contribution is -1.97. The number of hydrogen-bond donors (Lipinski definition) is 0. The van der Waals surface area contributed by atoms with Crippen LogP contribution in [0.4, 0.5) is 0 Å². The SMILES string of the molecule is O=S(=O)(Cl)c1cccc(OCc2ccccc2Br)c1. The lowest BCUT2D eigenvalue weighted by Gasteiger charge is -2.08. The summed E-state index contributed by atoms with van der Waals surface area (Å²) in [4.78, 5) is 0.0267. The van der Waals surface area contributed by atoms with Crippen LogP contribution < -0.4 is 4.74 Å². The second-order valence-electron chi connectivity index (χ2n) is 3.79. The summed E-state index contributed by atoms with van der Waals surface area (Å²) >= 11 is 3.42. The molecule has 0 aliphatic rings. The molecule has 0 unspecified atom stereocenters. The molecule has 0 atom stereocenters. The Labute approximate surface area is 124 Å².